The molecular formula is C14H28Cl2I2O2. The van der Waals surface area contributed by atoms with E-state index < -0.39 is 0 Å². The molecule has 0 unspecified atom stereocenters. The molecule has 0 atom stereocenters. The predicted octanol–water partition coefficient (Wildman–Crippen LogP) is 5.69. The Hall–Kier alpha value is 1.96. The second-order valence-electron chi connectivity index (χ2n) is 4.07. The Labute approximate surface area is 162 Å². The summed E-state index contributed by atoms with van der Waals surface area (Å²) in [5, 5.41) is 0. The molecule has 0 fully saturated rings. The molecule has 124 valence electrons. The van der Waals surface area contributed by atoms with Gasteiger partial charge in [0.05, 0.1) is 12.2 Å². The first-order valence-electron chi connectivity index (χ1n) is 7.17. The SMILES string of the molecule is CCOC(CCCl)CCCl.CCOC(CCI)CCI. The Kier molecular flexibility index (Phi) is 25.4. The Morgan fingerprint density at radius 3 is 1.35 bits per heavy atom. The minimum Gasteiger partial charge on any atom is -0.378 e. The van der Waals surface area contributed by atoms with Crippen molar-refractivity contribution in [3.8, 4) is 0 Å². The summed E-state index contributed by atoms with van der Waals surface area (Å²) in [5.74, 6) is 1.31. The third-order valence-electron chi connectivity index (χ3n) is 2.53. The molecule has 0 aliphatic carbocycles. The van der Waals surface area contributed by atoms with Crippen LogP contribution in [0.2, 0.25) is 0 Å². The molecule has 0 saturated carbocycles. The molecule has 0 aromatic carbocycles. The molecular weight excluding hydrogens is 525 g/mol. The van der Waals surface area contributed by atoms with Crippen LogP contribution in [0.4, 0.5) is 0 Å². The maximum Gasteiger partial charge on any atom is 0.0597 e. The van der Waals surface area contributed by atoms with E-state index in [9.17, 15) is 0 Å². The Morgan fingerprint density at radius 2 is 1.10 bits per heavy atom. The average Bonchev–Trinajstić information content (AvgIpc) is 2.41. The third-order valence-corrected chi connectivity index (χ3v) is 4.21. The lowest BCUT2D eigenvalue weighted by Crippen LogP contribution is -2.13. The minimum atomic E-state index is 0.264. The van der Waals surface area contributed by atoms with Crippen molar-refractivity contribution in [2.75, 3.05) is 33.8 Å². The van der Waals surface area contributed by atoms with Gasteiger partial charge >= 0.3 is 0 Å². The van der Waals surface area contributed by atoms with E-state index in [-0.39, 0.29) is 6.10 Å². The van der Waals surface area contributed by atoms with Crippen molar-refractivity contribution in [3.63, 3.8) is 0 Å². The fraction of sp³-hybridized carbons (Fsp3) is 1.00. The van der Waals surface area contributed by atoms with E-state index in [1.54, 1.807) is 0 Å². The highest BCUT2D eigenvalue weighted by Crippen LogP contribution is 2.08. The van der Waals surface area contributed by atoms with Crippen LogP contribution in [0.5, 0.6) is 0 Å². The molecule has 6 heteroatoms. The van der Waals surface area contributed by atoms with Gasteiger partial charge in [0.1, 0.15) is 0 Å². The standard InChI is InChI=1S/C7H14Cl2O.C7H14I2O/c2*1-2-10-7(3-5-8)4-6-9/h2*7H,2-6H2,1H3. The van der Waals surface area contributed by atoms with Crippen LogP contribution in [0.1, 0.15) is 39.5 Å². The largest absolute Gasteiger partial charge is 0.378 e. The third kappa shape index (κ3) is 18.0. The van der Waals surface area contributed by atoms with Crippen molar-refractivity contribution in [2.45, 2.75) is 51.7 Å². The van der Waals surface area contributed by atoms with E-state index in [1.165, 1.54) is 21.7 Å². The molecule has 20 heavy (non-hydrogen) atoms. The molecule has 2 nitrogen and oxygen atoms in total. The van der Waals surface area contributed by atoms with Crippen LogP contribution in [0.3, 0.4) is 0 Å². The molecule has 0 rings (SSSR count). The maximum atomic E-state index is 5.54. The summed E-state index contributed by atoms with van der Waals surface area (Å²) in [6, 6.07) is 0. The van der Waals surface area contributed by atoms with Gasteiger partial charge in [0.15, 0.2) is 0 Å². The summed E-state index contributed by atoms with van der Waals surface area (Å²) in [5.41, 5.74) is 0. The zero-order valence-corrected chi connectivity index (χ0v) is 18.4. The lowest BCUT2D eigenvalue weighted by molar-refractivity contribution is 0.0590. The van der Waals surface area contributed by atoms with Crippen molar-refractivity contribution in [1.82, 2.24) is 0 Å². The van der Waals surface area contributed by atoms with Gasteiger partial charge in [0, 0.05) is 33.8 Å². The number of ether oxygens (including phenoxy) is 2. The predicted molar refractivity (Wildman–Crippen MR) is 109 cm³/mol. The molecule has 0 saturated heterocycles. The Balaban J connectivity index is 0. The summed E-state index contributed by atoms with van der Waals surface area (Å²) in [7, 11) is 0. The summed E-state index contributed by atoms with van der Waals surface area (Å²) >= 11 is 15.9. The van der Waals surface area contributed by atoms with Crippen molar-refractivity contribution in [3.05, 3.63) is 0 Å². The van der Waals surface area contributed by atoms with Crippen LogP contribution >= 0.6 is 68.4 Å². The van der Waals surface area contributed by atoms with E-state index in [2.05, 4.69) is 52.1 Å². The molecule has 0 N–H and O–H groups in total. The normalized spacial score (nSPS) is 10.8. The minimum absolute atomic E-state index is 0.264. The van der Waals surface area contributed by atoms with Gasteiger partial charge in [-0.15, -0.1) is 23.2 Å². The smallest absolute Gasteiger partial charge is 0.0597 e. The average molecular weight is 553 g/mol. The number of hydrogen-bond acceptors (Lipinski definition) is 2. The number of rotatable bonds is 12. The zero-order chi connectivity index (χ0) is 15.6. The van der Waals surface area contributed by atoms with Gasteiger partial charge in [-0.05, 0) is 39.5 Å². The van der Waals surface area contributed by atoms with Crippen molar-refractivity contribution >= 4 is 68.4 Å². The number of halogens is 4. The molecule has 0 aromatic heterocycles. The fourth-order valence-corrected chi connectivity index (χ4v) is 3.46. The quantitative estimate of drug-likeness (QED) is 0.229. The highest BCUT2D eigenvalue weighted by atomic mass is 127. The second kappa shape index (κ2) is 21.0. The summed E-state index contributed by atoms with van der Waals surface area (Å²) in [6.07, 6.45) is 5.00. The molecule has 0 bridgehead atoms. The van der Waals surface area contributed by atoms with Crippen LogP contribution in [-0.2, 0) is 9.47 Å². The fourth-order valence-electron chi connectivity index (χ4n) is 1.58. The molecule has 0 aromatic rings. The van der Waals surface area contributed by atoms with Gasteiger partial charge in [-0.2, -0.15) is 0 Å². The monoisotopic (exact) mass is 552 g/mol. The van der Waals surface area contributed by atoms with Gasteiger partial charge in [-0.3, -0.25) is 0 Å². The van der Waals surface area contributed by atoms with Gasteiger partial charge < -0.3 is 9.47 Å². The highest BCUT2D eigenvalue weighted by Gasteiger charge is 2.05. The van der Waals surface area contributed by atoms with E-state index >= 15 is 0 Å². The lowest BCUT2D eigenvalue weighted by atomic mass is 10.2. The first kappa shape index (κ1) is 24.2. The first-order valence-corrected chi connectivity index (χ1v) is 11.3. The van der Waals surface area contributed by atoms with Crippen LogP contribution in [0, 0.1) is 0 Å². The van der Waals surface area contributed by atoms with Crippen LogP contribution in [0.15, 0.2) is 0 Å². The first-order chi connectivity index (χ1) is 9.69. The topological polar surface area (TPSA) is 18.5 Å². The zero-order valence-electron chi connectivity index (χ0n) is 12.6. The number of hydrogen-bond donors (Lipinski definition) is 0. The van der Waals surface area contributed by atoms with Crippen LogP contribution < -0.4 is 0 Å². The van der Waals surface area contributed by atoms with E-state index in [0.29, 0.717) is 17.9 Å². The van der Waals surface area contributed by atoms with Gasteiger partial charge in [0.25, 0.3) is 0 Å². The van der Waals surface area contributed by atoms with Crippen LogP contribution in [-0.4, -0.2) is 46.0 Å². The van der Waals surface area contributed by atoms with Gasteiger partial charge in [0.2, 0.25) is 0 Å². The molecule has 0 aliphatic heterocycles. The number of alkyl halides is 4. The molecule has 0 amide bonds. The molecule has 0 aliphatic rings. The summed E-state index contributed by atoms with van der Waals surface area (Å²) < 4.78 is 13.3. The van der Waals surface area contributed by atoms with E-state index in [4.69, 9.17) is 32.7 Å². The Morgan fingerprint density at radius 1 is 0.750 bits per heavy atom. The lowest BCUT2D eigenvalue weighted by Gasteiger charge is -2.13. The van der Waals surface area contributed by atoms with Gasteiger partial charge in [-0.1, -0.05) is 45.2 Å². The summed E-state index contributed by atoms with van der Waals surface area (Å²) in [6.45, 7) is 5.65. The Bertz CT molecular complexity index is 131. The van der Waals surface area contributed by atoms with E-state index in [1.807, 2.05) is 6.92 Å². The van der Waals surface area contributed by atoms with E-state index in [0.717, 1.165) is 26.1 Å². The van der Waals surface area contributed by atoms with Crippen molar-refractivity contribution in [1.29, 1.82) is 0 Å². The van der Waals surface area contributed by atoms with Crippen molar-refractivity contribution < 1.29 is 9.47 Å². The highest BCUT2D eigenvalue weighted by molar-refractivity contribution is 14.1. The van der Waals surface area contributed by atoms with Crippen LogP contribution in [0.25, 0.3) is 0 Å². The molecule has 0 spiro atoms. The van der Waals surface area contributed by atoms with Gasteiger partial charge in [-0.25, -0.2) is 0 Å². The molecule has 0 heterocycles. The molecule has 0 radical (unpaired) electrons. The summed E-state index contributed by atoms with van der Waals surface area (Å²) in [4.78, 5) is 0. The maximum absolute atomic E-state index is 5.54. The van der Waals surface area contributed by atoms with Crippen molar-refractivity contribution in [2.24, 2.45) is 0 Å². The second-order valence-corrected chi connectivity index (χ2v) is 6.98.